The molecule has 14 heavy (non-hydrogen) atoms. The molecular formula is C9H7Cl2N3. The van der Waals surface area contributed by atoms with E-state index in [1.807, 2.05) is 30.3 Å². The van der Waals surface area contributed by atoms with Crippen molar-refractivity contribution in [2.24, 2.45) is 5.10 Å². The van der Waals surface area contributed by atoms with Crippen molar-refractivity contribution >= 4 is 34.1 Å². The van der Waals surface area contributed by atoms with Gasteiger partial charge in [-0.25, -0.2) is 0 Å². The van der Waals surface area contributed by atoms with E-state index in [9.17, 15) is 0 Å². The average Bonchev–Trinajstić information content (AvgIpc) is 2.18. The molecule has 3 nitrogen and oxygen atoms in total. The van der Waals surface area contributed by atoms with Gasteiger partial charge in [0.2, 0.25) is 0 Å². The standard InChI is InChI=1S/C9H7Cl2N3/c10-8-6-9(11)13-14(12-8)7-4-2-1-3-5-7/h1-6,12H. The van der Waals surface area contributed by atoms with Gasteiger partial charge < -0.3 is 0 Å². The molecule has 1 aromatic rings. The Morgan fingerprint density at radius 2 is 1.86 bits per heavy atom. The fourth-order valence-corrected chi connectivity index (χ4v) is 1.50. The molecule has 0 saturated heterocycles. The molecule has 0 radical (unpaired) electrons. The molecule has 1 aliphatic heterocycles. The molecule has 72 valence electrons. The van der Waals surface area contributed by atoms with Crippen molar-refractivity contribution in [3.05, 3.63) is 41.6 Å². The lowest BCUT2D eigenvalue weighted by atomic mass is 10.3. The van der Waals surface area contributed by atoms with Gasteiger partial charge in [-0.1, -0.05) is 41.4 Å². The minimum absolute atomic E-state index is 0.345. The van der Waals surface area contributed by atoms with Crippen molar-refractivity contribution in [2.45, 2.75) is 0 Å². The van der Waals surface area contributed by atoms with Gasteiger partial charge in [0.25, 0.3) is 0 Å². The summed E-state index contributed by atoms with van der Waals surface area (Å²) in [5, 5.41) is 6.35. The van der Waals surface area contributed by atoms with Gasteiger partial charge in [0, 0.05) is 6.08 Å². The summed E-state index contributed by atoms with van der Waals surface area (Å²) in [6.45, 7) is 0. The highest BCUT2D eigenvalue weighted by Gasteiger charge is 2.10. The van der Waals surface area contributed by atoms with Crippen molar-refractivity contribution < 1.29 is 0 Å². The highest BCUT2D eigenvalue weighted by Crippen LogP contribution is 2.17. The number of benzene rings is 1. The molecule has 1 aliphatic rings. The summed E-state index contributed by atoms with van der Waals surface area (Å²) in [6, 6.07) is 9.54. The fourth-order valence-electron chi connectivity index (χ4n) is 1.08. The second-order valence-corrected chi connectivity index (χ2v) is 3.47. The van der Waals surface area contributed by atoms with Crippen LogP contribution in [0.2, 0.25) is 0 Å². The van der Waals surface area contributed by atoms with Gasteiger partial charge in [0.15, 0.2) is 5.17 Å². The van der Waals surface area contributed by atoms with E-state index in [4.69, 9.17) is 23.2 Å². The first-order valence-corrected chi connectivity index (χ1v) is 4.74. The summed E-state index contributed by atoms with van der Waals surface area (Å²) >= 11 is 11.6. The van der Waals surface area contributed by atoms with Crippen LogP contribution in [0.3, 0.4) is 0 Å². The second-order valence-electron chi connectivity index (χ2n) is 2.67. The minimum atomic E-state index is 0.345. The van der Waals surface area contributed by atoms with E-state index in [0.29, 0.717) is 10.3 Å². The Hall–Kier alpha value is -1.19. The summed E-state index contributed by atoms with van der Waals surface area (Å²) in [7, 11) is 0. The molecule has 1 aromatic carbocycles. The van der Waals surface area contributed by atoms with Crippen molar-refractivity contribution in [3.8, 4) is 0 Å². The molecule has 0 atom stereocenters. The predicted molar refractivity (Wildman–Crippen MR) is 59.3 cm³/mol. The van der Waals surface area contributed by atoms with Crippen LogP contribution in [0.1, 0.15) is 0 Å². The van der Waals surface area contributed by atoms with Crippen LogP contribution in [0.4, 0.5) is 5.69 Å². The fraction of sp³-hybridized carbons (Fsp3) is 0. The van der Waals surface area contributed by atoms with Gasteiger partial charge in [-0.05, 0) is 12.1 Å². The number of hydrogen-bond donors (Lipinski definition) is 1. The molecule has 1 N–H and O–H groups in total. The zero-order chi connectivity index (χ0) is 9.97. The first kappa shape index (κ1) is 9.37. The Kier molecular flexibility index (Phi) is 2.61. The number of halogens is 2. The number of hydrogen-bond acceptors (Lipinski definition) is 3. The normalized spacial score (nSPS) is 15.7. The molecule has 0 aromatic heterocycles. The topological polar surface area (TPSA) is 27.6 Å². The number of hydrazone groups is 1. The van der Waals surface area contributed by atoms with Crippen LogP contribution < -0.4 is 10.5 Å². The average molecular weight is 228 g/mol. The lowest BCUT2D eigenvalue weighted by Gasteiger charge is -2.23. The summed E-state index contributed by atoms with van der Waals surface area (Å²) in [5.41, 5.74) is 3.72. The Bertz CT molecular complexity index is 386. The molecule has 2 rings (SSSR count). The van der Waals surface area contributed by atoms with Crippen LogP contribution in [0, 0.1) is 0 Å². The SMILES string of the molecule is ClC1=CC(Cl)=NN(c2ccccc2)N1. The molecular weight excluding hydrogens is 221 g/mol. The van der Waals surface area contributed by atoms with E-state index in [0.717, 1.165) is 5.69 Å². The summed E-state index contributed by atoms with van der Waals surface area (Å²) in [4.78, 5) is 0. The molecule has 0 spiro atoms. The van der Waals surface area contributed by atoms with Gasteiger partial charge in [-0.2, -0.15) is 5.12 Å². The molecule has 1 heterocycles. The third-order valence-corrected chi connectivity index (χ3v) is 2.03. The Morgan fingerprint density at radius 1 is 1.14 bits per heavy atom. The lowest BCUT2D eigenvalue weighted by molar-refractivity contribution is 0.761. The van der Waals surface area contributed by atoms with Crippen LogP contribution in [0.25, 0.3) is 0 Å². The number of anilines is 1. The van der Waals surface area contributed by atoms with Gasteiger partial charge in [0.1, 0.15) is 5.16 Å². The zero-order valence-corrected chi connectivity index (χ0v) is 8.63. The van der Waals surface area contributed by atoms with E-state index in [1.165, 1.54) is 5.12 Å². The monoisotopic (exact) mass is 227 g/mol. The summed E-state index contributed by atoms with van der Waals surface area (Å²) in [5.74, 6) is 0. The number of nitrogens with one attached hydrogen (secondary N) is 1. The number of para-hydroxylation sites is 1. The first-order valence-electron chi connectivity index (χ1n) is 3.99. The van der Waals surface area contributed by atoms with E-state index in [1.54, 1.807) is 6.08 Å². The van der Waals surface area contributed by atoms with Crippen molar-refractivity contribution in [2.75, 3.05) is 5.12 Å². The largest absolute Gasteiger partial charge is 0.266 e. The van der Waals surface area contributed by atoms with Crippen LogP contribution in [-0.4, -0.2) is 5.17 Å². The summed E-state index contributed by atoms with van der Waals surface area (Å²) in [6.07, 6.45) is 1.54. The van der Waals surface area contributed by atoms with Crippen molar-refractivity contribution in [1.29, 1.82) is 0 Å². The molecule has 0 amide bonds. The third-order valence-electron chi connectivity index (χ3n) is 1.65. The van der Waals surface area contributed by atoms with E-state index >= 15 is 0 Å². The van der Waals surface area contributed by atoms with Gasteiger partial charge in [-0.15, -0.1) is 5.10 Å². The van der Waals surface area contributed by atoms with E-state index in [-0.39, 0.29) is 0 Å². The number of rotatable bonds is 1. The smallest absolute Gasteiger partial charge is 0.154 e. The summed E-state index contributed by atoms with van der Waals surface area (Å²) < 4.78 is 0. The second kappa shape index (κ2) is 3.90. The maximum absolute atomic E-state index is 5.80. The van der Waals surface area contributed by atoms with Gasteiger partial charge in [0.05, 0.1) is 5.69 Å². The predicted octanol–water partition coefficient (Wildman–Crippen LogP) is 2.64. The lowest BCUT2D eigenvalue weighted by Crippen LogP contribution is -2.34. The number of nitrogens with zero attached hydrogens (tertiary/aromatic N) is 2. The zero-order valence-electron chi connectivity index (χ0n) is 7.11. The number of allylic oxidation sites excluding steroid dienone is 1. The minimum Gasteiger partial charge on any atom is -0.266 e. The first-order chi connectivity index (χ1) is 6.75. The highest BCUT2D eigenvalue weighted by molar-refractivity contribution is 6.69. The van der Waals surface area contributed by atoms with Crippen LogP contribution >= 0.6 is 23.2 Å². The third kappa shape index (κ3) is 2.00. The molecule has 0 fully saturated rings. The van der Waals surface area contributed by atoms with Crippen molar-refractivity contribution in [1.82, 2.24) is 5.43 Å². The van der Waals surface area contributed by atoms with E-state index < -0.39 is 0 Å². The van der Waals surface area contributed by atoms with Crippen molar-refractivity contribution in [3.63, 3.8) is 0 Å². The quantitative estimate of drug-likeness (QED) is 0.748. The molecule has 0 unspecified atom stereocenters. The van der Waals surface area contributed by atoms with Crippen LogP contribution in [0.5, 0.6) is 0 Å². The molecule has 0 bridgehead atoms. The molecule has 5 heteroatoms. The Labute approximate surface area is 91.6 Å². The molecule has 0 saturated carbocycles. The van der Waals surface area contributed by atoms with Crippen LogP contribution in [0.15, 0.2) is 46.7 Å². The Morgan fingerprint density at radius 3 is 2.50 bits per heavy atom. The molecule has 0 aliphatic carbocycles. The number of hydrazine groups is 1. The maximum atomic E-state index is 5.80. The maximum Gasteiger partial charge on any atom is 0.154 e. The Balaban J connectivity index is 2.27. The van der Waals surface area contributed by atoms with Crippen LogP contribution in [-0.2, 0) is 0 Å². The highest BCUT2D eigenvalue weighted by atomic mass is 35.5. The van der Waals surface area contributed by atoms with Gasteiger partial charge in [-0.3, -0.25) is 5.43 Å². The van der Waals surface area contributed by atoms with Gasteiger partial charge >= 0.3 is 0 Å². The van der Waals surface area contributed by atoms with E-state index in [2.05, 4.69) is 10.5 Å².